The summed E-state index contributed by atoms with van der Waals surface area (Å²) in [4.78, 5) is 50.9. The molecule has 0 atom stereocenters. The number of thiazole rings is 1. The molecule has 4 aromatic rings. The second-order valence-electron chi connectivity index (χ2n) is 12.9. The molecule has 53 heavy (non-hydrogen) atoms. The molecule has 14 nitrogen and oxygen atoms in total. The predicted octanol–water partition coefficient (Wildman–Crippen LogP) is 3.62. The fraction of sp³-hybridized carbons (Fsp3) is 0.378. The molecule has 0 unspecified atom stereocenters. The van der Waals surface area contributed by atoms with Crippen molar-refractivity contribution in [3.8, 4) is 17.0 Å². The van der Waals surface area contributed by atoms with E-state index in [1.807, 2.05) is 48.3 Å². The Labute approximate surface area is 312 Å². The quantitative estimate of drug-likeness (QED) is 0.172. The number of hydrogen-bond donors (Lipinski definition) is 3. The Morgan fingerprint density at radius 2 is 1.75 bits per heavy atom. The van der Waals surface area contributed by atoms with Crippen LogP contribution in [0.3, 0.4) is 0 Å². The lowest BCUT2D eigenvalue weighted by Crippen LogP contribution is -2.50. The molecule has 3 aromatic heterocycles. The van der Waals surface area contributed by atoms with Crippen molar-refractivity contribution < 1.29 is 23.8 Å². The van der Waals surface area contributed by atoms with Gasteiger partial charge in [0.05, 0.1) is 37.0 Å². The van der Waals surface area contributed by atoms with Crippen molar-refractivity contribution in [1.82, 2.24) is 29.7 Å². The van der Waals surface area contributed by atoms with Crippen LogP contribution in [0.15, 0.2) is 67.0 Å². The molecule has 2 fully saturated rings. The van der Waals surface area contributed by atoms with Gasteiger partial charge in [0.1, 0.15) is 10.7 Å². The van der Waals surface area contributed by atoms with Crippen molar-refractivity contribution in [2.45, 2.75) is 0 Å². The van der Waals surface area contributed by atoms with Crippen molar-refractivity contribution in [3.05, 3.63) is 77.7 Å². The number of benzene rings is 1. The summed E-state index contributed by atoms with van der Waals surface area (Å²) in [6.45, 7) is 7.13. The molecule has 0 saturated carbocycles. The molecule has 2 aliphatic rings. The van der Waals surface area contributed by atoms with Crippen molar-refractivity contribution >= 4 is 51.3 Å². The number of aliphatic hydroxyl groups is 1. The summed E-state index contributed by atoms with van der Waals surface area (Å²) in [7, 11) is 5.49. The lowest BCUT2D eigenvalue weighted by Gasteiger charge is -2.40. The van der Waals surface area contributed by atoms with Crippen LogP contribution in [0.4, 0.5) is 32.5 Å². The molecule has 0 aliphatic carbocycles. The summed E-state index contributed by atoms with van der Waals surface area (Å²) in [6, 6.07) is 11.8. The van der Waals surface area contributed by atoms with Gasteiger partial charge in [-0.05, 0) is 44.4 Å². The molecular weight excluding hydrogens is 700 g/mol. The first kappa shape index (κ1) is 37.6. The number of nitrogens with zero attached hydrogens (tertiary/aromatic N) is 8. The Morgan fingerprint density at radius 3 is 2.47 bits per heavy atom. The number of rotatable bonds is 13. The van der Waals surface area contributed by atoms with E-state index in [1.165, 1.54) is 18.3 Å². The van der Waals surface area contributed by atoms with E-state index in [4.69, 9.17) is 14.7 Å². The Bertz CT molecular complexity index is 1910. The summed E-state index contributed by atoms with van der Waals surface area (Å²) in [5.74, 6) is 0.761. The number of ether oxygens (including phenoxy) is 1. The van der Waals surface area contributed by atoms with Crippen molar-refractivity contribution in [2.24, 2.45) is 0 Å². The highest BCUT2D eigenvalue weighted by Gasteiger charge is 2.27. The fourth-order valence-electron chi connectivity index (χ4n) is 6.17. The molecule has 2 amide bonds. The molecule has 0 bridgehead atoms. The van der Waals surface area contributed by atoms with Gasteiger partial charge >= 0.3 is 0 Å². The zero-order valence-electron chi connectivity index (χ0n) is 30.2. The summed E-state index contributed by atoms with van der Waals surface area (Å²) < 4.78 is 19.7. The first-order valence-electron chi connectivity index (χ1n) is 17.5. The third-order valence-corrected chi connectivity index (χ3v) is 9.96. The van der Waals surface area contributed by atoms with Crippen LogP contribution < -0.4 is 25.2 Å². The van der Waals surface area contributed by atoms with Gasteiger partial charge < -0.3 is 40.1 Å². The number of anilines is 5. The Kier molecular flexibility index (Phi) is 12.5. The van der Waals surface area contributed by atoms with E-state index < -0.39 is 11.7 Å². The summed E-state index contributed by atoms with van der Waals surface area (Å²) in [5, 5.41) is 15.7. The number of carbonyl (C=O) groups is 2. The average Bonchev–Trinajstić information content (AvgIpc) is 3.64. The summed E-state index contributed by atoms with van der Waals surface area (Å²) in [5.41, 5.74) is 2.52. The van der Waals surface area contributed by atoms with Gasteiger partial charge in [-0.25, -0.2) is 19.3 Å². The number of aromatic nitrogens is 3. The highest BCUT2D eigenvalue weighted by molar-refractivity contribution is 7.17. The van der Waals surface area contributed by atoms with Gasteiger partial charge in [0.25, 0.3) is 5.91 Å². The van der Waals surface area contributed by atoms with Crippen LogP contribution in [0, 0.1) is 5.82 Å². The Hall–Kier alpha value is -5.16. The number of β-amino-alcohol motifs (C(OH)–C–C–N with tert-alkyl or cyclic N) is 1. The molecule has 3 N–H and O–H groups in total. The fourth-order valence-corrected chi connectivity index (χ4v) is 6.88. The average molecular weight is 745 g/mol. The topological polar surface area (TPSA) is 143 Å². The highest BCUT2D eigenvalue weighted by Crippen LogP contribution is 2.36. The van der Waals surface area contributed by atoms with Gasteiger partial charge in [0.15, 0.2) is 22.5 Å². The van der Waals surface area contributed by atoms with Crippen molar-refractivity contribution in [2.75, 3.05) is 114 Å². The standard InChI is InChI=1S/C37H45FN10O4S/c1-44(2)12-6-9-33(50)47-17-19-48(20-18-47)35-30(46-15-13-45(14-16-46)21-22-49)23-26(24-39-35)28-10-11-31(52-3)34(41-28)43-37-40-25-32(53-37)36(51)42-29-8-5-4-7-27(29)38/h4-11,23-25,49H,12-22H2,1-3H3,(H,42,51)(H,40,41,43)/b9-6+. The van der Waals surface area contributed by atoms with Crippen LogP contribution >= 0.6 is 11.3 Å². The molecule has 6 rings (SSSR count). The van der Waals surface area contributed by atoms with E-state index in [0.717, 1.165) is 54.6 Å². The highest BCUT2D eigenvalue weighted by atomic mass is 32.1. The maximum Gasteiger partial charge on any atom is 0.267 e. The van der Waals surface area contributed by atoms with Crippen LogP contribution in [0.2, 0.25) is 0 Å². The van der Waals surface area contributed by atoms with E-state index in [1.54, 1.807) is 25.3 Å². The molecule has 0 radical (unpaired) electrons. The third kappa shape index (κ3) is 9.45. The lowest BCUT2D eigenvalue weighted by molar-refractivity contribution is -0.126. The molecule has 16 heteroatoms. The maximum atomic E-state index is 14.1. The zero-order chi connectivity index (χ0) is 37.3. The maximum absolute atomic E-state index is 14.1. The number of para-hydroxylation sites is 1. The van der Waals surface area contributed by atoms with E-state index in [9.17, 15) is 19.1 Å². The molecule has 1 aromatic carbocycles. The third-order valence-electron chi connectivity index (χ3n) is 9.05. The summed E-state index contributed by atoms with van der Waals surface area (Å²) in [6.07, 6.45) is 6.78. The Morgan fingerprint density at radius 1 is 1.00 bits per heavy atom. The first-order valence-corrected chi connectivity index (χ1v) is 18.3. The number of likely N-dealkylation sites (N-methyl/N-ethyl adjacent to an activating group) is 1. The number of aliphatic hydroxyl groups excluding tert-OH is 1. The minimum Gasteiger partial charge on any atom is -0.493 e. The monoisotopic (exact) mass is 744 g/mol. The zero-order valence-corrected chi connectivity index (χ0v) is 31.0. The predicted molar refractivity (Wildman–Crippen MR) is 206 cm³/mol. The van der Waals surface area contributed by atoms with Crippen molar-refractivity contribution in [3.63, 3.8) is 0 Å². The minimum absolute atomic E-state index is 0.0184. The number of hydrogen-bond acceptors (Lipinski definition) is 13. The van der Waals surface area contributed by atoms with Gasteiger partial charge in [-0.3, -0.25) is 14.5 Å². The normalized spacial score (nSPS) is 15.3. The number of nitrogens with one attached hydrogen (secondary N) is 2. The number of halogens is 1. The van der Waals surface area contributed by atoms with Gasteiger partial charge in [-0.15, -0.1) is 0 Å². The number of carbonyl (C=O) groups excluding carboxylic acids is 2. The van der Waals surface area contributed by atoms with Crippen molar-refractivity contribution in [1.29, 1.82) is 0 Å². The molecule has 0 spiro atoms. The lowest BCUT2D eigenvalue weighted by atomic mass is 10.1. The summed E-state index contributed by atoms with van der Waals surface area (Å²) >= 11 is 1.10. The van der Waals surface area contributed by atoms with E-state index in [0.29, 0.717) is 66.5 Å². The first-order chi connectivity index (χ1) is 25.7. The smallest absolute Gasteiger partial charge is 0.267 e. The van der Waals surface area contributed by atoms with Gasteiger partial charge in [-0.2, -0.15) is 0 Å². The second kappa shape index (κ2) is 17.6. The van der Waals surface area contributed by atoms with Crippen LogP contribution in [0.1, 0.15) is 9.67 Å². The van der Waals surface area contributed by atoms with Crippen LogP contribution in [-0.4, -0.2) is 140 Å². The minimum atomic E-state index is -0.525. The van der Waals surface area contributed by atoms with E-state index in [2.05, 4.69) is 36.4 Å². The number of pyridine rings is 2. The second-order valence-corrected chi connectivity index (χ2v) is 14.0. The Balaban J connectivity index is 1.22. The number of amides is 2. The van der Waals surface area contributed by atoms with Crippen LogP contribution in [0.5, 0.6) is 5.75 Å². The SMILES string of the molecule is COc1ccc(-c2cnc(N3CCN(C(=O)/C=C/CN(C)C)CC3)c(N3CCN(CCO)CC3)c2)nc1Nc1ncc(C(=O)Nc2ccccc2F)s1. The van der Waals surface area contributed by atoms with E-state index in [-0.39, 0.29) is 18.2 Å². The largest absolute Gasteiger partial charge is 0.493 e. The van der Waals surface area contributed by atoms with Crippen LogP contribution in [-0.2, 0) is 4.79 Å². The van der Waals surface area contributed by atoms with Gasteiger partial charge in [0, 0.05) is 83.3 Å². The van der Waals surface area contributed by atoms with Gasteiger partial charge in [0.2, 0.25) is 5.91 Å². The van der Waals surface area contributed by atoms with E-state index >= 15 is 0 Å². The van der Waals surface area contributed by atoms with Crippen LogP contribution in [0.25, 0.3) is 11.3 Å². The van der Waals surface area contributed by atoms with Gasteiger partial charge in [-0.1, -0.05) is 29.5 Å². The molecule has 2 aliphatic heterocycles. The molecular formula is C37H45FN10O4S. The molecule has 5 heterocycles. The molecule has 2 saturated heterocycles. The number of piperazine rings is 2. The number of methoxy groups -OCH3 is 1. The molecule has 280 valence electrons.